The Labute approximate surface area is 208 Å². The van der Waals surface area contributed by atoms with Crippen LogP contribution in [0.5, 0.6) is 17.2 Å². The van der Waals surface area contributed by atoms with Crippen LogP contribution in [0, 0.1) is 6.92 Å². The Balaban J connectivity index is 1.93. The second-order valence-electron chi connectivity index (χ2n) is 7.42. The van der Waals surface area contributed by atoms with Crippen LogP contribution in [-0.4, -0.2) is 48.1 Å². The molecule has 1 aromatic heterocycles. The molecule has 3 rings (SSSR count). The first kappa shape index (κ1) is 26.8. The zero-order valence-electron chi connectivity index (χ0n) is 19.4. The van der Waals surface area contributed by atoms with Crippen molar-refractivity contribution in [3.63, 3.8) is 0 Å². The molecule has 0 atom stereocenters. The molecule has 0 aliphatic heterocycles. The number of nitrogens with zero attached hydrogens (tertiary/aromatic N) is 2. The maximum Gasteiger partial charge on any atom is 0.491 e. The van der Waals surface area contributed by atoms with Gasteiger partial charge in [0.25, 0.3) is 5.91 Å². The van der Waals surface area contributed by atoms with Crippen molar-refractivity contribution in [1.29, 1.82) is 0 Å². The molecule has 0 unspecified atom stereocenters. The van der Waals surface area contributed by atoms with E-state index in [0.29, 0.717) is 27.7 Å². The van der Waals surface area contributed by atoms with Gasteiger partial charge in [0, 0.05) is 36.0 Å². The molecule has 0 bridgehead atoms. The molecule has 3 aromatic rings. The summed E-state index contributed by atoms with van der Waals surface area (Å²) in [6.45, 7) is 1.98. The Morgan fingerprint density at radius 3 is 2.47 bits per heavy atom. The number of nitrogens with two attached hydrogens (primary N) is 1. The quantitative estimate of drug-likeness (QED) is 0.335. The number of hydrogen-bond donors (Lipinski definition) is 2. The molecular formula is C23H22ClF3N4O5. The Kier molecular flexibility index (Phi) is 8.10. The largest absolute Gasteiger partial charge is 0.493 e. The standard InChI is InChI=1S/C23H22ClF3N4O5/c1-12-14(5-7-18(20(12)34-3)36-22(33)23(25,26)27)21(32)30-13-4-6-17(35-9-8-28)15(10-13)19-16(24)11-29-31(19)2/h4-7,10-11H,8-9,28H2,1-3H3,(H,30,32). The van der Waals surface area contributed by atoms with E-state index in [2.05, 4.69) is 15.2 Å². The topological polar surface area (TPSA) is 118 Å². The van der Waals surface area contributed by atoms with Crippen LogP contribution in [0.3, 0.4) is 0 Å². The molecule has 3 N–H and O–H groups in total. The number of benzene rings is 2. The summed E-state index contributed by atoms with van der Waals surface area (Å²) in [6.07, 6.45) is -3.72. The summed E-state index contributed by atoms with van der Waals surface area (Å²) in [4.78, 5) is 24.3. The van der Waals surface area contributed by atoms with Crippen LogP contribution >= 0.6 is 11.6 Å². The number of esters is 1. The molecule has 192 valence electrons. The third kappa shape index (κ3) is 5.71. The molecule has 1 heterocycles. The summed E-state index contributed by atoms with van der Waals surface area (Å²) >= 11 is 6.30. The van der Waals surface area contributed by atoms with Crippen LogP contribution in [0.25, 0.3) is 11.3 Å². The maximum atomic E-state index is 13.0. The fourth-order valence-corrected chi connectivity index (χ4v) is 3.67. The van der Waals surface area contributed by atoms with Gasteiger partial charge in [0.1, 0.15) is 12.4 Å². The highest BCUT2D eigenvalue weighted by Crippen LogP contribution is 2.38. The molecule has 9 nitrogen and oxygen atoms in total. The summed E-state index contributed by atoms with van der Waals surface area (Å²) in [5.74, 6) is -3.18. The van der Waals surface area contributed by atoms with E-state index in [4.69, 9.17) is 26.8 Å². The summed E-state index contributed by atoms with van der Waals surface area (Å²) in [5.41, 5.74) is 7.27. The van der Waals surface area contributed by atoms with Gasteiger partial charge < -0.3 is 25.3 Å². The number of carbonyl (C=O) groups is 2. The number of hydrogen-bond acceptors (Lipinski definition) is 7. The summed E-state index contributed by atoms with van der Waals surface area (Å²) in [6, 6.07) is 7.15. The Bertz CT molecular complexity index is 1270. The number of ether oxygens (including phenoxy) is 3. The molecule has 0 spiro atoms. The Morgan fingerprint density at radius 1 is 1.19 bits per heavy atom. The van der Waals surface area contributed by atoms with Gasteiger partial charge >= 0.3 is 12.1 Å². The highest BCUT2D eigenvalue weighted by Gasteiger charge is 2.42. The number of rotatable bonds is 8. The minimum atomic E-state index is -5.19. The molecule has 0 saturated heterocycles. The van der Waals surface area contributed by atoms with Gasteiger partial charge in [0.2, 0.25) is 0 Å². The molecule has 0 fully saturated rings. The monoisotopic (exact) mass is 526 g/mol. The van der Waals surface area contributed by atoms with Gasteiger partial charge in [-0.25, -0.2) is 4.79 Å². The van der Waals surface area contributed by atoms with Crippen LogP contribution < -0.4 is 25.3 Å². The molecule has 0 radical (unpaired) electrons. The third-order valence-electron chi connectivity index (χ3n) is 5.01. The van der Waals surface area contributed by atoms with Crippen LogP contribution in [-0.2, 0) is 11.8 Å². The van der Waals surface area contributed by atoms with Crippen molar-refractivity contribution in [2.24, 2.45) is 12.8 Å². The fraction of sp³-hybridized carbons (Fsp3) is 0.261. The van der Waals surface area contributed by atoms with Crippen molar-refractivity contribution in [2.45, 2.75) is 13.1 Å². The molecule has 13 heteroatoms. The smallest absolute Gasteiger partial charge is 0.491 e. The van der Waals surface area contributed by atoms with E-state index in [0.717, 1.165) is 6.07 Å². The van der Waals surface area contributed by atoms with E-state index >= 15 is 0 Å². The van der Waals surface area contributed by atoms with Crippen molar-refractivity contribution in [3.05, 3.63) is 52.7 Å². The molecule has 0 saturated carbocycles. The van der Waals surface area contributed by atoms with E-state index in [-0.39, 0.29) is 30.0 Å². The van der Waals surface area contributed by atoms with Crippen LogP contribution in [0.2, 0.25) is 5.02 Å². The van der Waals surface area contributed by atoms with Gasteiger partial charge in [0.15, 0.2) is 11.5 Å². The van der Waals surface area contributed by atoms with E-state index in [1.54, 1.807) is 29.9 Å². The lowest BCUT2D eigenvalue weighted by Crippen LogP contribution is -2.28. The average molecular weight is 527 g/mol. The normalized spacial score (nSPS) is 11.2. The zero-order valence-corrected chi connectivity index (χ0v) is 20.2. The number of halogens is 4. The summed E-state index contributed by atoms with van der Waals surface area (Å²) < 4.78 is 54.5. The number of amides is 1. The van der Waals surface area contributed by atoms with Gasteiger partial charge in [0.05, 0.1) is 24.0 Å². The lowest BCUT2D eigenvalue weighted by molar-refractivity contribution is -0.189. The molecule has 2 aromatic carbocycles. The lowest BCUT2D eigenvalue weighted by atomic mass is 10.1. The molecule has 1 amide bonds. The Morgan fingerprint density at radius 2 is 1.89 bits per heavy atom. The average Bonchev–Trinajstić information content (AvgIpc) is 3.15. The highest BCUT2D eigenvalue weighted by molar-refractivity contribution is 6.33. The van der Waals surface area contributed by atoms with E-state index < -0.39 is 23.8 Å². The number of nitrogens with one attached hydrogen (secondary N) is 1. The van der Waals surface area contributed by atoms with Crippen LogP contribution in [0.15, 0.2) is 36.5 Å². The van der Waals surface area contributed by atoms with E-state index in [1.807, 2.05) is 0 Å². The number of carbonyl (C=O) groups excluding carboxylic acids is 2. The molecule has 36 heavy (non-hydrogen) atoms. The molecular weight excluding hydrogens is 505 g/mol. The van der Waals surface area contributed by atoms with E-state index in [1.165, 1.54) is 26.3 Å². The number of anilines is 1. The second kappa shape index (κ2) is 10.9. The van der Waals surface area contributed by atoms with E-state index in [9.17, 15) is 22.8 Å². The number of methoxy groups -OCH3 is 1. The van der Waals surface area contributed by atoms with Crippen molar-refractivity contribution in [1.82, 2.24) is 9.78 Å². The lowest BCUT2D eigenvalue weighted by Gasteiger charge is -2.16. The number of aromatic nitrogens is 2. The van der Waals surface area contributed by atoms with Crippen molar-refractivity contribution < 1.29 is 37.0 Å². The fourth-order valence-electron chi connectivity index (χ4n) is 3.40. The van der Waals surface area contributed by atoms with Gasteiger partial charge in [-0.15, -0.1) is 0 Å². The highest BCUT2D eigenvalue weighted by atomic mass is 35.5. The predicted octanol–water partition coefficient (Wildman–Crippen LogP) is 4.12. The van der Waals surface area contributed by atoms with Gasteiger partial charge in [-0.1, -0.05) is 11.6 Å². The van der Waals surface area contributed by atoms with Gasteiger partial charge in [-0.3, -0.25) is 9.48 Å². The maximum absolute atomic E-state index is 13.0. The molecule has 0 aliphatic carbocycles. The first-order valence-electron chi connectivity index (χ1n) is 10.4. The van der Waals surface area contributed by atoms with Gasteiger partial charge in [-0.05, 0) is 37.3 Å². The van der Waals surface area contributed by atoms with Crippen LogP contribution in [0.1, 0.15) is 15.9 Å². The SMILES string of the molecule is COc1c(OC(=O)C(F)(F)F)ccc(C(=O)Nc2ccc(OCCN)c(-c3c(Cl)cnn3C)c2)c1C. The first-order chi connectivity index (χ1) is 17.0. The summed E-state index contributed by atoms with van der Waals surface area (Å²) in [5, 5.41) is 7.21. The van der Waals surface area contributed by atoms with Crippen LogP contribution in [0.4, 0.5) is 18.9 Å². The van der Waals surface area contributed by atoms with Crippen molar-refractivity contribution in [3.8, 4) is 28.5 Å². The van der Waals surface area contributed by atoms with Gasteiger partial charge in [-0.2, -0.15) is 18.3 Å². The second-order valence-corrected chi connectivity index (χ2v) is 7.83. The minimum Gasteiger partial charge on any atom is -0.493 e. The molecule has 0 aliphatic rings. The third-order valence-corrected chi connectivity index (χ3v) is 5.29. The number of aryl methyl sites for hydroxylation is 1. The zero-order chi connectivity index (χ0) is 26.6. The summed E-state index contributed by atoms with van der Waals surface area (Å²) in [7, 11) is 2.88. The Hall–Kier alpha value is -3.77. The minimum absolute atomic E-state index is 0.0854. The predicted molar refractivity (Wildman–Crippen MR) is 126 cm³/mol. The van der Waals surface area contributed by atoms with Crippen molar-refractivity contribution >= 4 is 29.2 Å². The van der Waals surface area contributed by atoms with Crippen molar-refractivity contribution in [2.75, 3.05) is 25.6 Å². The first-order valence-corrected chi connectivity index (χ1v) is 10.8. The number of alkyl halides is 3.